The third-order valence-electron chi connectivity index (χ3n) is 5.33. The predicted octanol–water partition coefficient (Wildman–Crippen LogP) is 6.91. The molecule has 0 spiro atoms. The molecule has 1 aliphatic rings. The molecule has 0 bridgehead atoms. The van der Waals surface area contributed by atoms with Crippen LogP contribution in [0.3, 0.4) is 0 Å². The van der Waals surface area contributed by atoms with Crippen LogP contribution in [0.5, 0.6) is 0 Å². The standard InChI is InChI=1S/C22H21Cl2N.ClH/c1-15(6-7-16-8-11-21(23)22(24)12-16)25-13-18-10-9-17-4-2-3-5-19(17)20(18)14-25;/h2-5,8-12,15H,6-7,13-14H2,1H3;1H. The van der Waals surface area contributed by atoms with Gasteiger partial charge in [0.1, 0.15) is 0 Å². The molecule has 0 saturated heterocycles. The van der Waals surface area contributed by atoms with Gasteiger partial charge in [-0.2, -0.15) is 0 Å². The van der Waals surface area contributed by atoms with Gasteiger partial charge in [-0.05, 0) is 59.4 Å². The summed E-state index contributed by atoms with van der Waals surface area (Å²) in [5, 5.41) is 4.01. The Bertz CT molecular complexity index is 922. The van der Waals surface area contributed by atoms with E-state index in [2.05, 4.69) is 54.3 Å². The largest absolute Gasteiger partial charge is 0.292 e. The van der Waals surface area contributed by atoms with Gasteiger partial charge in [0.2, 0.25) is 0 Å². The van der Waals surface area contributed by atoms with Gasteiger partial charge in [0.05, 0.1) is 10.0 Å². The average molecular weight is 407 g/mol. The summed E-state index contributed by atoms with van der Waals surface area (Å²) in [6, 6.07) is 19.7. The molecule has 1 atom stereocenters. The van der Waals surface area contributed by atoms with Gasteiger partial charge < -0.3 is 0 Å². The minimum atomic E-state index is 0. The maximum absolute atomic E-state index is 6.13. The van der Waals surface area contributed by atoms with E-state index < -0.39 is 0 Å². The topological polar surface area (TPSA) is 3.24 Å². The zero-order chi connectivity index (χ0) is 17.4. The number of halogens is 3. The van der Waals surface area contributed by atoms with Crippen molar-refractivity contribution in [1.82, 2.24) is 4.90 Å². The lowest BCUT2D eigenvalue weighted by atomic mass is 10.0. The van der Waals surface area contributed by atoms with E-state index in [1.54, 1.807) is 0 Å². The molecule has 0 fully saturated rings. The van der Waals surface area contributed by atoms with Gasteiger partial charge >= 0.3 is 0 Å². The molecule has 0 aromatic heterocycles. The van der Waals surface area contributed by atoms with Gasteiger partial charge in [0, 0.05) is 19.1 Å². The highest BCUT2D eigenvalue weighted by Crippen LogP contribution is 2.32. The van der Waals surface area contributed by atoms with Crippen LogP contribution in [0.4, 0.5) is 0 Å². The minimum Gasteiger partial charge on any atom is -0.292 e. The van der Waals surface area contributed by atoms with E-state index in [1.807, 2.05) is 12.1 Å². The molecule has 0 aliphatic carbocycles. The first-order chi connectivity index (χ1) is 12.1. The Morgan fingerprint density at radius 3 is 2.58 bits per heavy atom. The van der Waals surface area contributed by atoms with Crippen LogP contribution in [0.15, 0.2) is 54.6 Å². The lowest BCUT2D eigenvalue weighted by Gasteiger charge is -2.24. The highest BCUT2D eigenvalue weighted by molar-refractivity contribution is 6.42. The van der Waals surface area contributed by atoms with Crippen LogP contribution in [0, 0.1) is 0 Å². The molecule has 1 nitrogen and oxygen atoms in total. The number of nitrogens with zero attached hydrogens (tertiary/aromatic N) is 1. The Morgan fingerprint density at radius 1 is 0.962 bits per heavy atom. The van der Waals surface area contributed by atoms with Crippen LogP contribution < -0.4 is 0 Å². The average Bonchev–Trinajstić information content (AvgIpc) is 3.07. The Morgan fingerprint density at radius 2 is 1.77 bits per heavy atom. The molecule has 3 aromatic carbocycles. The van der Waals surface area contributed by atoms with E-state index in [0.717, 1.165) is 25.9 Å². The second kappa shape index (κ2) is 8.19. The van der Waals surface area contributed by atoms with E-state index >= 15 is 0 Å². The van der Waals surface area contributed by atoms with Crippen LogP contribution >= 0.6 is 35.6 Å². The predicted molar refractivity (Wildman–Crippen MR) is 115 cm³/mol. The Labute approximate surface area is 171 Å². The number of rotatable bonds is 4. The summed E-state index contributed by atoms with van der Waals surface area (Å²) in [5.41, 5.74) is 4.22. The highest BCUT2D eigenvalue weighted by atomic mass is 35.5. The molecular formula is C22H22Cl3N. The smallest absolute Gasteiger partial charge is 0.0595 e. The van der Waals surface area contributed by atoms with Crippen molar-refractivity contribution >= 4 is 46.4 Å². The monoisotopic (exact) mass is 405 g/mol. The summed E-state index contributed by atoms with van der Waals surface area (Å²) in [7, 11) is 0. The Balaban J connectivity index is 0.00000196. The molecule has 4 heteroatoms. The van der Waals surface area contributed by atoms with Gasteiger partial charge in [0.25, 0.3) is 0 Å². The van der Waals surface area contributed by atoms with Crippen molar-refractivity contribution in [2.24, 2.45) is 0 Å². The second-order valence-electron chi connectivity index (χ2n) is 6.97. The maximum atomic E-state index is 6.13. The normalized spacial score (nSPS) is 14.9. The molecule has 0 radical (unpaired) electrons. The first-order valence-electron chi connectivity index (χ1n) is 8.79. The first kappa shape index (κ1) is 19.5. The quantitative estimate of drug-likeness (QED) is 0.455. The molecule has 4 rings (SSSR count). The number of benzene rings is 3. The molecule has 3 aromatic rings. The fourth-order valence-electron chi connectivity index (χ4n) is 3.76. The van der Waals surface area contributed by atoms with Crippen LogP contribution in [-0.2, 0) is 19.5 Å². The fourth-order valence-corrected chi connectivity index (χ4v) is 4.08. The summed E-state index contributed by atoms with van der Waals surface area (Å²) in [4.78, 5) is 2.58. The molecule has 26 heavy (non-hydrogen) atoms. The second-order valence-corrected chi connectivity index (χ2v) is 7.78. The lowest BCUT2D eigenvalue weighted by Crippen LogP contribution is -2.28. The summed E-state index contributed by atoms with van der Waals surface area (Å²) in [5.74, 6) is 0. The van der Waals surface area contributed by atoms with Crippen LogP contribution in [0.2, 0.25) is 10.0 Å². The van der Waals surface area contributed by atoms with Crippen molar-refractivity contribution in [3.05, 3.63) is 81.3 Å². The molecule has 0 amide bonds. The minimum absolute atomic E-state index is 0. The van der Waals surface area contributed by atoms with Crippen LogP contribution in [0.1, 0.15) is 30.0 Å². The lowest BCUT2D eigenvalue weighted by molar-refractivity contribution is 0.203. The summed E-state index contributed by atoms with van der Waals surface area (Å²) in [6.45, 7) is 4.41. The Hall–Kier alpha value is -1.25. The van der Waals surface area contributed by atoms with Crippen molar-refractivity contribution in [1.29, 1.82) is 0 Å². The SMILES string of the molecule is CC(CCc1ccc(Cl)c(Cl)c1)N1Cc2ccc3ccccc3c2C1.Cl. The molecule has 0 saturated carbocycles. The summed E-state index contributed by atoms with van der Waals surface area (Å²) < 4.78 is 0. The van der Waals surface area contributed by atoms with Crippen molar-refractivity contribution < 1.29 is 0 Å². The number of hydrogen-bond donors (Lipinski definition) is 0. The van der Waals surface area contributed by atoms with Crippen molar-refractivity contribution in [2.45, 2.75) is 38.9 Å². The molecule has 136 valence electrons. The maximum Gasteiger partial charge on any atom is 0.0595 e. The number of hydrogen-bond acceptors (Lipinski definition) is 1. The zero-order valence-electron chi connectivity index (χ0n) is 14.7. The van der Waals surface area contributed by atoms with E-state index in [1.165, 1.54) is 27.5 Å². The summed E-state index contributed by atoms with van der Waals surface area (Å²) >= 11 is 12.1. The molecule has 1 unspecified atom stereocenters. The third-order valence-corrected chi connectivity index (χ3v) is 6.07. The number of fused-ring (bicyclic) bond motifs is 3. The third kappa shape index (κ3) is 3.87. The van der Waals surface area contributed by atoms with Crippen LogP contribution in [-0.4, -0.2) is 10.9 Å². The van der Waals surface area contributed by atoms with Crippen molar-refractivity contribution in [3.8, 4) is 0 Å². The van der Waals surface area contributed by atoms with Gasteiger partial charge in [0.15, 0.2) is 0 Å². The fraction of sp³-hybridized carbons (Fsp3) is 0.273. The molecule has 0 N–H and O–H groups in total. The number of aryl methyl sites for hydroxylation is 1. The van der Waals surface area contributed by atoms with Crippen LogP contribution in [0.25, 0.3) is 10.8 Å². The molecular weight excluding hydrogens is 385 g/mol. The highest BCUT2D eigenvalue weighted by Gasteiger charge is 2.24. The molecule has 1 heterocycles. The van der Waals surface area contributed by atoms with Gasteiger partial charge in [-0.25, -0.2) is 0 Å². The van der Waals surface area contributed by atoms with Crippen molar-refractivity contribution in [3.63, 3.8) is 0 Å². The Kier molecular flexibility index (Phi) is 6.14. The van der Waals surface area contributed by atoms with E-state index in [0.29, 0.717) is 16.1 Å². The zero-order valence-corrected chi connectivity index (χ0v) is 17.0. The summed E-state index contributed by atoms with van der Waals surface area (Å²) in [6.07, 6.45) is 2.13. The van der Waals surface area contributed by atoms with Gasteiger partial charge in [-0.15, -0.1) is 12.4 Å². The first-order valence-corrected chi connectivity index (χ1v) is 9.55. The molecule has 1 aliphatic heterocycles. The van der Waals surface area contributed by atoms with E-state index in [9.17, 15) is 0 Å². The van der Waals surface area contributed by atoms with Crippen molar-refractivity contribution in [2.75, 3.05) is 0 Å². The van der Waals surface area contributed by atoms with E-state index in [4.69, 9.17) is 23.2 Å². The van der Waals surface area contributed by atoms with Gasteiger partial charge in [-0.3, -0.25) is 4.90 Å². The van der Waals surface area contributed by atoms with E-state index in [-0.39, 0.29) is 12.4 Å². The van der Waals surface area contributed by atoms with Gasteiger partial charge in [-0.1, -0.05) is 65.7 Å².